The Labute approximate surface area is 207 Å². The molecule has 0 bridgehead atoms. The van der Waals surface area contributed by atoms with Gasteiger partial charge >= 0.3 is 0 Å². The number of carbonyl (C=O) groups is 1. The Morgan fingerprint density at radius 3 is 2.60 bits per heavy atom. The van der Waals surface area contributed by atoms with Crippen LogP contribution >= 0.6 is 11.6 Å². The van der Waals surface area contributed by atoms with Crippen molar-refractivity contribution in [2.75, 3.05) is 36.4 Å². The van der Waals surface area contributed by atoms with E-state index in [1.807, 2.05) is 7.05 Å². The number of rotatable bonds is 7. The summed E-state index contributed by atoms with van der Waals surface area (Å²) in [7, 11) is 0.167. The second-order valence-electron chi connectivity index (χ2n) is 8.57. The summed E-state index contributed by atoms with van der Waals surface area (Å²) in [5, 5.41) is 2.91. The van der Waals surface area contributed by atoms with Crippen molar-refractivity contribution in [2.24, 2.45) is 7.05 Å². The molecular formula is C23H25ClFN5O4S. The lowest BCUT2D eigenvalue weighted by Crippen LogP contribution is -2.21. The number of ether oxygens (including phenoxy) is 1. The highest BCUT2D eigenvalue weighted by atomic mass is 35.5. The van der Waals surface area contributed by atoms with Crippen molar-refractivity contribution in [3.05, 3.63) is 59.1 Å². The van der Waals surface area contributed by atoms with Crippen molar-refractivity contribution >= 4 is 38.9 Å². The topological polar surface area (TPSA) is 106 Å². The van der Waals surface area contributed by atoms with Gasteiger partial charge in [-0.05, 0) is 37.7 Å². The molecular weight excluding hydrogens is 497 g/mol. The van der Waals surface area contributed by atoms with Gasteiger partial charge in [0.25, 0.3) is 5.91 Å². The fourth-order valence-corrected chi connectivity index (χ4v) is 4.70. The van der Waals surface area contributed by atoms with Crippen LogP contribution in [0.3, 0.4) is 0 Å². The highest BCUT2D eigenvalue weighted by Crippen LogP contribution is 2.28. The molecule has 1 atom stereocenters. The molecule has 186 valence electrons. The van der Waals surface area contributed by atoms with Crippen molar-refractivity contribution in [3.63, 3.8) is 0 Å². The number of hydrogen-bond donors (Lipinski definition) is 2. The monoisotopic (exact) mass is 521 g/mol. The van der Waals surface area contributed by atoms with E-state index in [1.165, 1.54) is 36.5 Å². The molecule has 3 heterocycles. The number of carbonyl (C=O) groups excluding carboxylic acids is 1. The maximum atomic E-state index is 14.9. The molecule has 1 aromatic carbocycles. The summed E-state index contributed by atoms with van der Waals surface area (Å²) in [5.74, 6) is -0.684. The zero-order valence-corrected chi connectivity index (χ0v) is 21.0. The predicted molar refractivity (Wildman–Crippen MR) is 133 cm³/mol. The number of anilines is 2. The van der Waals surface area contributed by atoms with Gasteiger partial charge < -0.3 is 19.5 Å². The van der Waals surface area contributed by atoms with Gasteiger partial charge in [-0.3, -0.25) is 9.52 Å². The second kappa shape index (κ2) is 9.84. The van der Waals surface area contributed by atoms with Gasteiger partial charge in [0.2, 0.25) is 10.0 Å². The molecule has 4 rings (SSSR count). The summed E-state index contributed by atoms with van der Waals surface area (Å²) in [5.41, 5.74) is 1.26. The third-order valence-electron chi connectivity index (χ3n) is 5.44. The number of pyridine rings is 1. The summed E-state index contributed by atoms with van der Waals surface area (Å²) in [6.07, 6.45) is 4.90. The highest BCUT2D eigenvalue weighted by Gasteiger charge is 2.22. The Bertz CT molecular complexity index is 1380. The molecule has 1 aliphatic rings. The van der Waals surface area contributed by atoms with E-state index in [0.717, 1.165) is 25.8 Å². The van der Waals surface area contributed by atoms with E-state index < -0.39 is 21.7 Å². The first-order valence-corrected chi connectivity index (χ1v) is 13.0. The van der Waals surface area contributed by atoms with Gasteiger partial charge in [0, 0.05) is 43.1 Å². The number of nitrogens with zero attached hydrogens (tertiary/aromatic N) is 3. The molecule has 0 spiro atoms. The first-order valence-electron chi connectivity index (χ1n) is 10.7. The van der Waals surface area contributed by atoms with E-state index in [-0.39, 0.29) is 28.1 Å². The number of hydrogen-bond acceptors (Lipinski definition) is 6. The summed E-state index contributed by atoms with van der Waals surface area (Å²) in [6, 6.07) is 7.17. The van der Waals surface area contributed by atoms with E-state index in [1.54, 1.807) is 17.8 Å². The van der Waals surface area contributed by atoms with Gasteiger partial charge in [-0.25, -0.2) is 17.8 Å². The van der Waals surface area contributed by atoms with Crippen LogP contribution in [0, 0.1) is 5.82 Å². The second-order valence-corrected chi connectivity index (χ2v) is 10.8. The SMILES string of the molecule is CN1CC[C@H](Oc2cnc(-c3cc(C(=O)Nc4cc(Cl)cc(NS(C)(=O)=O)c4)cn3C)c(F)c2)C1. The molecule has 1 saturated heterocycles. The number of aromatic nitrogens is 2. The van der Waals surface area contributed by atoms with Crippen molar-refractivity contribution in [1.82, 2.24) is 14.5 Å². The average molecular weight is 522 g/mol. The quantitative estimate of drug-likeness (QED) is 0.492. The normalized spacial score (nSPS) is 16.3. The third-order valence-corrected chi connectivity index (χ3v) is 6.26. The van der Waals surface area contributed by atoms with Gasteiger partial charge in [-0.15, -0.1) is 0 Å². The molecule has 35 heavy (non-hydrogen) atoms. The van der Waals surface area contributed by atoms with Crippen LogP contribution in [0.1, 0.15) is 16.8 Å². The average Bonchev–Trinajstić information content (AvgIpc) is 3.31. The van der Waals surface area contributed by atoms with Crippen molar-refractivity contribution in [3.8, 4) is 17.1 Å². The van der Waals surface area contributed by atoms with Crippen molar-refractivity contribution in [1.29, 1.82) is 0 Å². The smallest absolute Gasteiger partial charge is 0.257 e. The van der Waals surface area contributed by atoms with Gasteiger partial charge in [0.1, 0.15) is 17.5 Å². The van der Waals surface area contributed by atoms with Crippen LogP contribution in [0.2, 0.25) is 5.02 Å². The number of likely N-dealkylation sites (tertiary alicyclic amines) is 1. The van der Waals surface area contributed by atoms with Gasteiger partial charge in [-0.2, -0.15) is 0 Å². The third kappa shape index (κ3) is 6.30. The van der Waals surface area contributed by atoms with Gasteiger partial charge in [0.05, 0.1) is 29.4 Å². The number of amides is 1. The Hall–Kier alpha value is -3.15. The number of aryl methyl sites for hydroxylation is 1. The molecule has 0 unspecified atom stereocenters. The lowest BCUT2D eigenvalue weighted by Gasteiger charge is -2.14. The zero-order valence-electron chi connectivity index (χ0n) is 19.4. The first-order chi connectivity index (χ1) is 16.5. The zero-order chi connectivity index (χ0) is 25.3. The Morgan fingerprint density at radius 1 is 1.20 bits per heavy atom. The maximum Gasteiger partial charge on any atom is 0.257 e. The predicted octanol–water partition coefficient (Wildman–Crippen LogP) is 3.59. The molecule has 0 saturated carbocycles. The van der Waals surface area contributed by atoms with Crippen LogP contribution in [0.4, 0.5) is 15.8 Å². The Balaban J connectivity index is 1.51. The maximum absolute atomic E-state index is 14.9. The molecule has 12 heteroatoms. The summed E-state index contributed by atoms with van der Waals surface area (Å²) >= 11 is 6.06. The van der Waals surface area contributed by atoms with E-state index in [2.05, 4.69) is 19.9 Å². The molecule has 1 amide bonds. The fourth-order valence-electron chi connectivity index (χ4n) is 3.92. The molecule has 9 nitrogen and oxygen atoms in total. The molecule has 0 aliphatic carbocycles. The molecule has 3 aromatic rings. The minimum absolute atomic E-state index is 0.00275. The van der Waals surface area contributed by atoms with Gasteiger partial charge in [-0.1, -0.05) is 11.6 Å². The lowest BCUT2D eigenvalue weighted by molar-refractivity contribution is 0.102. The molecule has 2 aromatic heterocycles. The number of nitrogens with one attached hydrogen (secondary N) is 2. The molecule has 0 radical (unpaired) electrons. The standard InChI is InChI=1S/C23H25ClFN5O4S/c1-29-5-4-18(13-29)34-19-10-20(25)22(26-11-19)21-6-14(12-30(21)2)23(31)27-16-7-15(24)8-17(9-16)28-35(3,32)33/h6-12,18,28H,4-5,13H2,1-3H3,(H,27,31)/t18-/m0/s1. The van der Waals surface area contributed by atoms with Crippen molar-refractivity contribution < 1.29 is 22.3 Å². The summed E-state index contributed by atoms with van der Waals surface area (Å²) in [6.45, 7) is 1.70. The fraction of sp³-hybridized carbons (Fsp3) is 0.304. The Kier molecular flexibility index (Phi) is 7.02. The Morgan fingerprint density at radius 2 is 1.94 bits per heavy atom. The van der Waals surface area contributed by atoms with E-state index in [4.69, 9.17) is 16.3 Å². The number of halogens is 2. The minimum atomic E-state index is -3.52. The van der Waals surface area contributed by atoms with Crippen LogP contribution in [-0.4, -0.2) is 61.3 Å². The molecule has 1 fully saturated rings. The van der Waals surface area contributed by atoms with Crippen LogP contribution in [0.15, 0.2) is 42.7 Å². The first kappa shape index (κ1) is 25.0. The van der Waals surface area contributed by atoms with E-state index >= 15 is 0 Å². The van der Waals surface area contributed by atoms with Crippen LogP contribution < -0.4 is 14.8 Å². The van der Waals surface area contributed by atoms with Gasteiger partial charge in [0.15, 0.2) is 5.82 Å². The highest BCUT2D eigenvalue weighted by molar-refractivity contribution is 7.92. The summed E-state index contributed by atoms with van der Waals surface area (Å²) < 4.78 is 47.7. The number of likely N-dealkylation sites (N-methyl/N-ethyl adjacent to an activating group) is 1. The minimum Gasteiger partial charge on any atom is -0.487 e. The number of benzene rings is 1. The van der Waals surface area contributed by atoms with Crippen LogP contribution in [-0.2, 0) is 17.1 Å². The molecule has 1 aliphatic heterocycles. The van der Waals surface area contributed by atoms with Crippen LogP contribution in [0.25, 0.3) is 11.4 Å². The largest absolute Gasteiger partial charge is 0.487 e. The van der Waals surface area contributed by atoms with E-state index in [0.29, 0.717) is 17.1 Å². The molecule has 2 N–H and O–H groups in total. The summed E-state index contributed by atoms with van der Waals surface area (Å²) in [4.78, 5) is 19.2. The lowest BCUT2D eigenvalue weighted by atomic mass is 10.2. The number of sulfonamides is 1. The van der Waals surface area contributed by atoms with E-state index in [9.17, 15) is 17.6 Å². The van der Waals surface area contributed by atoms with Crippen molar-refractivity contribution in [2.45, 2.75) is 12.5 Å². The van der Waals surface area contributed by atoms with Crippen LogP contribution in [0.5, 0.6) is 5.75 Å².